The van der Waals surface area contributed by atoms with Gasteiger partial charge in [0.2, 0.25) is 0 Å². The van der Waals surface area contributed by atoms with Crippen molar-refractivity contribution in [3.05, 3.63) is 25.1 Å². The molecule has 3 N–H and O–H groups in total. The molecule has 1 saturated heterocycles. The number of hydrogen-bond donors (Lipinski definition) is 2. The molecule has 1 aromatic carbocycles. The molecular formula is C18H27N4O. The monoisotopic (exact) mass is 315 g/mol. The molecule has 5 nitrogen and oxygen atoms in total. The number of nitrogens with one attached hydrogen (secondary N) is 1. The number of urea groups is 1. The first-order valence-corrected chi connectivity index (χ1v) is 8.64. The van der Waals surface area contributed by atoms with Crippen LogP contribution in [0.1, 0.15) is 39.0 Å². The maximum Gasteiger partial charge on any atom is 0.324 e. The topological polar surface area (TPSA) is 61.6 Å². The second kappa shape index (κ2) is 6.69. The standard InChI is InChI=1S/C18H27N4O/c1-3-4-6-13(2)20-17-15(19)7-5-8-16(17)22-12-11-21(18(22)23)14-9-10-14/h5,7-8,13-14,20H,1,3-4,6,9-12,19H2,2H3. The Balaban J connectivity index is 1.79. The van der Waals surface area contributed by atoms with Crippen LogP contribution in [-0.4, -0.2) is 36.1 Å². The number of para-hydroxylation sites is 1. The molecule has 0 bridgehead atoms. The lowest BCUT2D eigenvalue weighted by atomic mass is 10.1. The van der Waals surface area contributed by atoms with Crippen LogP contribution in [0.15, 0.2) is 18.2 Å². The molecule has 2 amide bonds. The van der Waals surface area contributed by atoms with Gasteiger partial charge in [-0.15, -0.1) is 0 Å². The Morgan fingerprint density at radius 2 is 2.17 bits per heavy atom. The molecule has 1 saturated carbocycles. The van der Waals surface area contributed by atoms with Crippen molar-refractivity contribution in [2.75, 3.05) is 29.0 Å². The average Bonchev–Trinajstić information content (AvgIpc) is 3.30. The predicted molar refractivity (Wildman–Crippen MR) is 95.6 cm³/mol. The van der Waals surface area contributed by atoms with Gasteiger partial charge in [0.15, 0.2) is 0 Å². The summed E-state index contributed by atoms with van der Waals surface area (Å²) in [5.41, 5.74) is 8.67. The van der Waals surface area contributed by atoms with Gasteiger partial charge in [-0.3, -0.25) is 4.90 Å². The summed E-state index contributed by atoms with van der Waals surface area (Å²) in [4.78, 5) is 16.5. The first-order valence-electron chi connectivity index (χ1n) is 8.64. The first kappa shape index (κ1) is 16.0. The molecule has 2 fully saturated rings. The van der Waals surface area contributed by atoms with E-state index in [1.165, 1.54) is 0 Å². The van der Waals surface area contributed by atoms with Crippen molar-refractivity contribution in [2.45, 2.75) is 51.1 Å². The molecule has 1 heterocycles. The lowest BCUT2D eigenvalue weighted by Crippen LogP contribution is -2.34. The second-order valence-corrected chi connectivity index (χ2v) is 6.64. The normalized spacial score (nSPS) is 19.3. The van der Waals surface area contributed by atoms with Crippen molar-refractivity contribution < 1.29 is 4.79 Å². The minimum absolute atomic E-state index is 0.117. The zero-order valence-corrected chi connectivity index (χ0v) is 13.9. The van der Waals surface area contributed by atoms with E-state index in [0.717, 1.165) is 56.6 Å². The SMILES string of the molecule is [CH2]CCCC(C)Nc1c(N)cccc1N1CCN(C2CC2)C1=O. The van der Waals surface area contributed by atoms with Gasteiger partial charge in [0.25, 0.3) is 0 Å². The summed E-state index contributed by atoms with van der Waals surface area (Å²) < 4.78 is 0. The van der Waals surface area contributed by atoms with Gasteiger partial charge in [0, 0.05) is 25.2 Å². The van der Waals surface area contributed by atoms with Crippen LogP contribution in [0.5, 0.6) is 0 Å². The highest BCUT2D eigenvalue weighted by Crippen LogP contribution is 2.37. The quantitative estimate of drug-likeness (QED) is 0.757. The van der Waals surface area contributed by atoms with Crippen molar-refractivity contribution in [3.8, 4) is 0 Å². The van der Waals surface area contributed by atoms with Gasteiger partial charge < -0.3 is 16.0 Å². The fraction of sp³-hybridized carbons (Fsp3) is 0.556. The van der Waals surface area contributed by atoms with E-state index in [0.29, 0.717) is 17.8 Å². The van der Waals surface area contributed by atoms with Gasteiger partial charge in [-0.05, 0) is 38.3 Å². The van der Waals surface area contributed by atoms with Crippen LogP contribution in [-0.2, 0) is 0 Å². The summed E-state index contributed by atoms with van der Waals surface area (Å²) in [5, 5.41) is 3.51. The van der Waals surface area contributed by atoms with Crippen molar-refractivity contribution >= 4 is 23.1 Å². The van der Waals surface area contributed by atoms with E-state index in [4.69, 9.17) is 5.73 Å². The third kappa shape index (κ3) is 3.38. The van der Waals surface area contributed by atoms with Crippen molar-refractivity contribution in [2.24, 2.45) is 0 Å². The molecule has 1 aliphatic carbocycles. The number of carbonyl (C=O) groups excluding carboxylic acids is 1. The molecule has 0 spiro atoms. The fourth-order valence-electron chi connectivity index (χ4n) is 3.21. The van der Waals surface area contributed by atoms with E-state index in [2.05, 4.69) is 19.2 Å². The maximum absolute atomic E-state index is 12.7. The van der Waals surface area contributed by atoms with E-state index in [1.54, 1.807) is 0 Å². The molecule has 2 aliphatic rings. The largest absolute Gasteiger partial charge is 0.397 e. The van der Waals surface area contributed by atoms with E-state index in [1.807, 2.05) is 28.0 Å². The smallest absolute Gasteiger partial charge is 0.324 e. The minimum Gasteiger partial charge on any atom is -0.397 e. The third-order valence-corrected chi connectivity index (χ3v) is 4.67. The summed E-state index contributed by atoms with van der Waals surface area (Å²) in [6.07, 6.45) is 5.34. The van der Waals surface area contributed by atoms with E-state index < -0.39 is 0 Å². The molecule has 1 aliphatic heterocycles. The Bertz CT molecular complexity index is 570. The van der Waals surface area contributed by atoms with Crippen molar-refractivity contribution in [1.82, 2.24) is 4.90 Å². The Morgan fingerprint density at radius 3 is 2.87 bits per heavy atom. The Hall–Kier alpha value is -1.91. The number of benzene rings is 1. The summed E-state index contributed by atoms with van der Waals surface area (Å²) in [7, 11) is 0. The van der Waals surface area contributed by atoms with Gasteiger partial charge in [-0.1, -0.05) is 25.8 Å². The molecule has 5 heteroatoms. The number of rotatable bonds is 7. The van der Waals surface area contributed by atoms with Crippen LogP contribution in [0.3, 0.4) is 0 Å². The minimum atomic E-state index is 0.117. The zero-order valence-electron chi connectivity index (χ0n) is 13.9. The molecule has 1 unspecified atom stereocenters. The van der Waals surface area contributed by atoms with Crippen LogP contribution in [0.4, 0.5) is 21.9 Å². The molecule has 1 atom stereocenters. The van der Waals surface area contributed by atoms with E-state index in [-0.39, 0.29) is 6.03 Å². The van der Waals surface area contributed by atoms with Gasteiger partial charge in [0.1, 0.15) is 0 Å². The van der Waals surface area contributed by atoms with Gasteiger partial charge >= 0.3 is 6.03 Å². The Kier molecular flexibility index (Phi) is 4.64. The number of nitrogens with two attached hydrogens (primary N) is 1. The fourth-order valence-corrected chi connectivity index (χ4v) is 3.21. The number of unbranched alkanes of at least 4 members (excludes halogenated alkanes) is 1. The van der Waals surface area contributed by atoms with Crippen molar-refractivity contribution in [1.29, 1.82) is 0 Å². The highest BCUT2D eigenvalue weighted by molar-refractivity contribution is 5.99. The molecule has 0 aromatic heterocycles. The average molecular weight is 315 g/mol. The van der Waals surface area contributed by atoms with Crippen LogP contribution >= 0.6 is 0 Å². The zero-order chi connectivity index (χ0) is 16.4. The number of carbonyl (C=O) groups is 1. The number of anilines is 3. The molecule has 23 heavy (non-hydrogen) atoms. The van der Waals surface area contributed by atoms with Crippen LogP contribution in [0, 0.1) is 6.92 Å². The molecule has 1 radical (unpaired) electrons. The highest BCUT2D eigenvalue weighted by Gasteiger charge is 2.40. The summed E-state index contributed by atoms with van der Waals surface area (Å²) in [6.45, 7) is 7.59. The van der Waals surface area contributed by atoms with Crippen LogP contribution in [0.25, 0.3) is 0 Å². The number of amides is 2. The lowest BCUT2D eigenvalue weighted by molar-refractivity contribution is 0.218. The van der Waals surface area contributed by atoms with Gasteiger partial charge in [-0.25, -0.2) is 4.79 Å². The van der Waals surface area contributed by atoms with E-state index >= 15 is 0 Å². The van der Waals surface area contributed by atoms with Crippen LogP contribution in [0.2, 0.25) is 0 Å². The van der Waals surface area contributed by atoms with Gasteiger partial charge in [-0.2, -0.15) is 0 Å². The highest BCUT2D eigenvalue weighted by atomic mass is 16.2. The summed E-state index contributed by atoms with van der Waals surface area (Å²) in [6, 6.07) is 6.67. The maximum atomic E-state index is 12.7. The number of hydrogen-bond acceptors (Lipinski definition) is 3. The molecular weight excluding hydrogens is 288 g/mol. The Labute approximate surface area is 138 Å². The van der Waals surface area contributed by atoms with E-state index in [9.17, 15) is 4.79 Å². The molecule has 1 aromatic rings. The lowest BCUT2D eigenvalue weighted by Gasteiger charge is -2.25. The number of nitrogen functional groups attached to an aromatic ring is 1. The summed E-state index contributed by atoms with van der Waals surface area (Å²) >= 11 is 0. The second-order valence-electron chi connectivity index (χ2n) is 6.64. The third-order valence-electron chi connectivity index (χ3n) is 4.67. The molecule has 3 rings (SSSR count). The predicted octanol–water partition coefficient (Wildman–Crippen LogP) is 3.48. The molecule has 125 valence electrons. The van der Waals surface area contributed by atoms with Crippen LogP contribution < -0.4 is 16.0 Å². The first-order chi connectivity index (χ1) is 11.1. The summed E-state index contributed by atoms with van der Waals surface area (Å²) in [5.74, 6) is 0. The number of nitrogens with zero attached hydrogens (tertiary/aromatic N) is 2. The van der Waals surface area contributed by atoms with Crippen molar-refractivity contribution in [3.63, 3.8) is 0 Å². The van der Waals surface area contributed by atoms with Gasteiger partial charge in [0.05, 0.1) is 17.1 Å². The Morgan fingerprint density at radius 1 is 1.39 bits per heavy atom.